The van der Waals surface area contributed by atoms with Crippen molar-refractivity contribution in [2.75, 3.05) is 13.1 Å². The Hall–Kier alpha value is -0.0400. The normalized spacial score (nSPS) is 19.2. The van der Waals surface area contributed by atoms with Gasteiger partial charge in [-0.3, -0.25) is 0 Å². The molecule has 1 heteroatoms. The van der Waals surface area contributed by atoms with Crippen LogP contribution in [0, 0.1) is 11.3 Å². The zero-order valence-corrected chi connectivity index (χ0v) is 8.82. The molecule has 0 spiro atoms. The molecule has 0 aromatic heterocycles. The predicted octanol–water partition coefficient (Wildman–Crippen LogP) is 2.81. The maximum Gasteiger partial charge on any atom is 0.000253 e. The fourth-order valence-electron chi connectivity index (χ4n) is 1.44. The third kappa shape index (κ3) is 3.14. The second-order valence-electron chi connectivity index (χ2n) is 4.95. The molecule has 1 nitrogen and oxygen atoms in total. The molecule has 0 unspecified atom stereocenters. The lowest BCUT2D eigenvalue weighted by atomic mass is 9.85. The summed E-state index contributed by atoms with van der Waals surface area (Å²) in [6, 6.07) is 0. The molecular weight excluding hydrogens is 146 g/mol. The molecule has 1 N–H and O–H groups in total. The first-order valence-corrected chi connectivity index (χ1v) is 5.35. The minimum absolute atomic E-state index is 0.490. The molecule has 12 heavy (non-hydrogen) atoms. The Labute approximate surface area is 76.9 Å². The van der Waals surface area contributed by atoms with Crippen molar-refractivity contribution in [3.05, 3.63) is 0 Å². The lowest BCUT2D eigenvalue weighted by molar-refractivity contribution is 0.267. The van der Waals surface area contributed by atoms with Crippen LogP contribution in [-0.4, -0.2) is 13.1 Å². The van der Waals surface area contributed by atoms with Crippen molar-refractivity contribution in [3.8, 4) is 0 Å². The van der Waals surface area contributed by atoms with Gasteiger partial charge in [-0.25, -0.2) is 0 Å². The minimum atomic E-state index is 0.490. The van der Waals surface area contributed by atoms with Gasteiger partial charge in [0.05, 0.1) is 0 Å². The average Bonchev–Trinajstić information content (AvgIpc) is 1.95. The standard InChI is InChI=1S/C11H23N/c1-4-11(2,3)9-12-8-10-6-5-7-10/h10,12H,4-9H2,1-3H3. The molecule has 72 valence electrons. The van der Waals surface area contributed by atoms with Crippen LogP contribution in [0.1, 0.15) is 46.5 Å². The van der Waals surface area contributed by atoms with Gasteiger partial charge in [0.2, 0.25) is 0 Å². The highest BCUT2D eigenvalue weighted by molar-refractivity contribution is 4.75. The van der Waals surface area contributed by atoms with E-state index in [4.69, 9.17) is 0 Å². The third-order valence-electron chi connectivity index (χ3n) is 3.22. The molecule has 0 saturated heterocycles. The van der Waals surface area contributed by atoms with Gasteiger partial charge in [-0.1, -0.05) is 27.2 Å². The molecule has 0 atom stereocenters. The van der Waals surface area contributed by atoms with Crippen molar-refractivity contribution >= 4 is 0 Å². The smallest absolute Gasteiger partial charge is 0.000253 e. The molecule has 1 aliphatic rings. The molecule has 0 aromatic rings. The molecule has 1 aliphatic carbocycles. The molecule has 0 aliphatic heterocycles. The molecule has 0 aromatic carbocycles. The van der Waals surface area contributed by atoms with Gasteiger partial charge in [-0.15, -0.1) is 0 Å². The maximum atomic E-state index is 3.58. The van der Waals surface area contributed by atoms with Crippen LogP contribution >= 0.6 is 0 Å². The van der Waals surface area contributed by atoms with Crippen molar-refractivity contribution in [2.45, 2.75) is 46.5 Å². The Morgan fingerprint density at radius 2 is 2.00 bits per heavy atom. The lowest BCUT2D eigenvalue weighted by Crippen LogP contribution is -2.34. The first-order valence-electron chi connectivity index (χ1n) is 5.35. The minimum Gasteiger partial charge on any atom is -0.316 e. The van der Waals surface area contributed by atoms with Crippen molar-refractivity contribution in [2.24, 2.45) is 11.3 Å². The van der Waals surface area contributed by atoms with E-state index in [1.54, 1.807) is 0 Å². The molecule has 0 bridgehead atoms. The van der Waals surface area contributed by atoms with Crippen molar-refractivity contribution in [1.82, 2.24) is 5.32 Å². The molecular formula is C11H23N. The molecule has 0 heterocycles. The molecule has 1 rings (SSSR count). The second kappa shape index (κ2) is 4.27. The maximum absolute atomic E-state index is 3.58. The number of hydrogen-bond acceptors (Lipinski definition) is 1. The summed E-state index contributed by atoms with van der Waals surface area (Å²) in [5, 5.41) is 3.58. The fourth-order valence-corrected chi connectivity index (χ4v) is 1.44. The molecule has 1 saturated carbocycles. The van der Waals surface area contributed by atoms with E-state index in [-0.39, 0.29) is 0 Å². The van der Waals surface area contributed by atoms with Gasteiger partial charge in [-0.05, 0) is 37.1 Å². The van der Waals surface area contributed by atoms with Crippen LogP contribution in [0.5, 0.6) is 0 Å². The van der Waals surface area contributed by atoms with Gasteiger partial charge in [-0.2, -0.15) is 0 Å². The highest BCUT2D eigenvalue weighted by Crippen LogP contribution is 2.25. The Balaban J connectivity index is 2.00. The van der Waals surface area contributed by atoms with Gasteiger partial charge in [0.1, 0.15) is 0 Å². The zero-order valence-electron chi connectivity index (χ0n) is 8.82. The topological polar surface area (TPSA) is 12.0 Å². The van der Waals surface area contributed by atoms with E-state index in [0.717, 1.165) is 5.92 Å². The summed E-state index contributed by atoms with van der Waals surface area (Å²) in [5.41, 5.74) is 0.490. The van der Waals surface area contributed by atoms with Crippen LogP contribution in [0.3, 0.4) is 0 Å². The SMILES string of the molecule is CCC(C)(C)CNCC1CCC1. The largest absolute Gasteiger partial charge is 0.316 e. The van der Waals surface area contributed by atoms with Crippen LogP contribution in [0.15, 0.2) is 0 Å². The summed E-state index contributed by atoms with van der Waals surface area (Å²) in [7, 11) is 0. The Morgan fingerprint density at radius 3 is 2.42 bits per heavy atom. The number of rotatable bonds is 5. The lowest BCUT2D eigenvalue weighted by Gasteiger charge is -2.29. The summed E-state index contributed by atoms with van der Waals surface area (Å²) >= 11 is 0. The summed E-state index contributed by atoms with van der Waals surface area (Å²) < 4.78 is 0. The van der Waals surface area contributed by atoms with E-state index in [9.17, 15) is 0 Å². The van der Waals surface area contributed by atoms with E-state index in [2.05, 4.69) is 26.1 Å². The van der Waals surface area contributed by atoms with E-state index in [0.29, 0.717) is 5.41 Å². The monoisotopic (exact) mass is 169 g/mol. The summed E-state index contributed by atoms with van der Waals surface area (Å²) in [4.78, 5) is 0. The summed E-state index contributed by atoms with van der Waals surface area (Å²) in [5.74, 6) is 0.998. The van der Waals surface area contributed by atoms with E-state index in [1.807, 2.05) is 0 Å². The molecule has 0 amide bonds. The molecule has 0 radical (unpaired) electrons. The quantitative estimate of drug-likeness (QED) is 0.667. The Morgan fingerprint density at radius 1 is 1.33 bits per heavy atom. The van der Waals surface area contributed by atoms with E-state index < -0.39 is 0 Å². The number of hydrogen-bond donors (Lipinski definition) is 1. The second-order valence-corrected chi connectivity index (χ2v) is 4.95. The summed E-state index contributed by atoms with van der Waals surface area (Å²) in [6.07, 6.45) is 5.65. The van der Waals surface area contributed by atoms with Crippen LogP contribution in [0.4, 0.5) is 0 Å². The van der Waals surface area contributed by atoms with Gasteiger partial charge in [0.25, 0.3) is 0 Å². The van der Waals surface area contributed by atoms with E-state index in [1.165, 1.54) is 38.8 Å². The van der Waals surface area contributed by atoms with Crippen LogP contribution in [-0.2, 0) is 0 Å². The van der Waals surface area contributed by atoms with Crippen molar-refractivity contribution < 1.29 is 0 Å². The zero-order chi connectivity index (χ0) is 9.03. The summed E-state index contributed by atoms with van der Waals surface area (Å²) in [6.45, 7) is 9.37. The Kier molecular flexibility index (Phi) is 3.57. The van der Waals surface area contributed by atoms with Gasteiger partial charge >= 0.3 is 0 Å². The Bertz CT molecular complexity index is 125. The van der Waals surface area contributed by atoms with E-state index >= 15 is 0 Å². The first kappa shape index (κ1) is 10.0. The highest BCUT2D eigenvalue weighted by Gasteiger charge is 2.19. The first-order chi connectivity index (χ1) is 5.64. The van der Waals surface area contributed by atoms with Crippen LogP contribution < -0.4 is 5.32 Å². The third-order valence-corrected chi connectivity index (χ3v) is 3.22. The van der Waals surface area contributed by atoms with Gasteiger partial charge in [0, 0.05) is 6.54 Å². The molecule has 1 fully saturated rings. The van der Waals surface area contributed by atoms with Gasteiger partial charge < -0.3 is 5.32 Å². The van der Waals surface area contributed by atoms with Crippen LogP contribution in [0.2, 0.25) is 0 Å². The van der Waals surface area contributed by atoms with Crippen LogP contribution in [0.25, 0.3) is 0 Å². The number of nitrogens with one attached hydrogen (secondary N) is 1. The average molecular weight is 169 g/mol. The predicted molar refractivity (Wildman–Crippen MR) is 54.3 cm³/mol. The van der Waals surface area contributed by atoms with Gasteiger partial charge in [0.15, 0.2) is 0 Å². The fraction of sp³-hybridized carbons (Fsp3) is 1.00. The van der Waals surface area contributed by atoms with Crippen molar-refractivity contribution in [3.63, 3.8) is 0 Å². The highest BCUT2D eigenvalue weighted by atomic mass is 14.9. The van der Waals surface area contributed by atoms with Crippen molar-refractivity contribution in [1.29, 1.82) is 0 Å².